The molecule has 0 rings (SSSR count). The lowest BCUT2D eigenvalue weighted by Gasteiger charge is -2.25. The molecule has 0 radical (unpaired) electrons. The average Bonchev–Trinajstić information content (AvgIpc) is 2.13. The van der Waals surface area contributed by atoms with Gasteiger partial charge in [0.15, 0.2) is 0 Å². The standard InChI is InChI=1S/C10H23NO2Si/c1-5-11-9-8-10-14(4,12-6-2)13-7-3/h5H,6-10H2,1-4H3/b11-5-. The predicted octanol–water partition coefficient (Wildman–Crippen LogP) is 2.61. The van der Waals surface area contributed by atoms with Gasteiger partial charge < -0.3 is 8.85 Å². The van der Waals surface area contributed by atoms with Gasteiger partial charge in [-0.25, -0.2) is 0 Å². The zero-order chi connectivity index (χ0) is 10.9. The number of aliphatic imine (C=N–C) groups is 1. The van der Waals surface area contributed by atoms with Gasteiger partial charge in [0.2, 0.25) is 0 Å². The van der Waals surface area contributed by atoms with Crippen molar-refractivity contribution >= 4 is 14.8 Å². The van der Waals surface area contributed by atoms with Crippen molar-refractivity contribution in [3.05, 3.63) is 0 Å². The van der Waals surface area contributed by atoms with Gasteiger partial charge in [0.25, 0.3) is 0 Å². The molecule has 0 aromatic heterocycles. The molecule has 0 amide bonds. The molecular weight excluding hydrogens is 194 g/mol. The van der Waals surface area contributed by atoms with Crippen LogP contribution in [-0.2, 0) is 8.85 Å². The number of hydrogen-bond donors (Lipinski definition) is 0. The van der Waals surface area contributed by atoms with Crippen molar-refractivity contribution in [2.45, 2.75) is 39.8 Å². The van der Waals surface area contributed by atoms with Crippen molar-refractivity contribution in [3.8, 4) is 0 Å². The van der Waals surface area contributed by atoms with Crippen molar-refractivity contribution in [2.24, 2.45) is 4.99 Å². The van der Waals surface area contributed by atoms with Crippen LogP contribution in [0.5, 0.6) is 0 Å². The SMILES string of the molecule is C/C=N\CCC[Si](C)(OCC)OCC. The van der Waals surface area contributed by atoms with E-state index in [2.05, 4.69) is 11.5 Å². The quantitative estimate of drug-likeness (QED) is 0.355. The summed E-state index contributed by atoms with van der Waals surface area (Å²) in [5.41, 5.74) is 0. The Bertz CT molecular complexity index is 156. The molecule has 0 heterocycles. The third-order valence-electron chi connectivity index (χ3n) is 2.00. The Balaban J connectivity index is 3.82. The van der Waals surface area contributed by atoms with Gasteiger partial charge in [-0.05, 0) is 46.0 Å². The highest BCUT2D eigenvalue weighted by molar-refractivity contribution is 6.66. The maximum Gasteiger partial charge on any atom is 0.334 e. The normalized spacial score (nSPS) is 12.6. The van der Waals surface area contributed by atoms with E-state index in [9.17, 15) is 0 Å². The van der Waals surface area contributed by atoms with Crippen molar-refractivity contribution < 1.29 is 8.85 Å². The summed E-state index contributed by atoms with van der Waals surface area (Å²) in [6.07, 6.45) is 2.91. The first-order chi connectivity index (χ1) is 6.68. The Labute approximate surface area is 88.8 Å². The molecule has 0 N–H and O–H groups in total. The summed E-state index contributed by atoms with van der Waals surface area (Å²) in [5, 5.41) is 0. The molecule has 0 aliphatic carbocycles. The second-order valence-electron chi connectivity index (χ2n) is 3.27. The molecule has 0 aromatic rings. The molecule has 0 spiro atoms. The molecule has 0 aliphatic rings. The van der Waals surface area contributed by atoms with Crippen LogP contribution in [0.25, 0.3) is 0 Å². The second kappa shape index (κ2) is 8.14. The minimum absolute atomic E-state index is 0.750. The molecule has 3 nitrogen and oxygen atoms in total. The molecule has 0 saturated carbocycles. The fourth-order valence-corrected chi connectivity index (χ4v) is 3.81. The fourth-order valence-electron chi connectivity index (χ4n) is 1.42. The van der Waals surface area contributed by atoms with Gasteiger partial charge in [-0.3, -0.25) is 4.99 Å². The zero-order valence-electron chi connectivity index (χ0n) is 9.88. The van der Waals surface area contributed by atoms with Gasteiger partial charge in [0.05, 0.1) is 0 Å². The number of hydrogen-bond acceptors (Lipinski definition) is 3. The molecule has 4 heteroatoms. The summed E-state index contributed by atoms with van der Waals surface area (Å²) >= 11 is 0. The van der Waals surface area contributed by atoms with Gasteiger partial charge in [-0.1, -0.05) is 0 Å². The third kappa shape index (κ3) is 6.29. The lowest BCUT2D eigenvalue weighted by molar-refractivity contribution is 0.188. The predicted molar refractivity (Wildman–Crippen MR) is 63.3 cm³/mol. The summed E-state index contributed by atoms with van der Waals surface area (Å²) in [6.45, 7) is 10.5. The van der Waals surface area contributed by atoms with E-state index < -0.39 is 8.56 Å². The van der Waals surface area contributed by atoms with Gasteiger partial charge in [-0.15, -0.1) is 0 Å². The molecule has 0 aliphatic heterocycles. The Morgan fingerprint density at radius 1 is 1.21 bits per heavy atom. The van der Waals surface area contributed by atoms with Crippen LogP contribution in [0.4, 0.5) is 0 Å². The van der Waals surface area contributed by atoms with E-state index in [0.717, 1.165) is 32.2 Å². The molecule has 0 aromatic carbocycles. The fraction of sp³-hybridized carbons (Fsp3) is 0.900. The van der Waals surface area contributed by atoms with Crippen LogP contribution in [0.3, 0.4) is 0 Å². The molecule has 0 unspecified atom stereocenters. The lowest BCUT2D eigenvalue weighted by atomic mass is 10.5. The largest absolute Gasteiger partial charge is 0.395 e. The number of nitrogens with zero attached hydrogens (tertiary/aromatic N) is 1. The van der Waals surface area contributed by atoms with Crippen molar-refractivity contribution in [2.75, 3.05) is 19.8 Å². The monoisotopic (exact) mass is 217 g/mol. The van der Waals surface area contributed by atoms with E-state index in [1.807, 2.05) is 27.0 Å². The molecule has 0 fully saturated rings. The molecule has 0 bridgehead atoms. The van der Waals surface area contributed by atoms with Crippen molar-refractivity contribution in [1.82, 2.24) is 0 Å². The zero-order valence-corrected chi connectivity index (χ0v) is 10.9. The Kier molecular flexibility index (Phi) is 8.03. The van der Waals surface area contributed by atoms with Crippen LogP contribution in [0, 0.1) is 0 Å². The van der Waals surface area contributed by atoms with Crippen molar-refractivity contribution in [1.29, 1.82) is 0 Å². The van der Waals surface area contributed by atoms with E-state index >= 15 is 0 Å². The molecule has 14 heavy (non-hydrogen) atoms. The first kappa shape index (κ1) is 13.8. The van der Waals surface area contributed by atoms with Crippen LogP contribution >= 0.6 is 0 Å². The topological polar surface area (TPSA) is 30.8 Å². The Hall–Kier alpha value is -0.193. The summed E-state index contributed by atoms with van der Waals surface area (Å²) < 4.78 is 11.4. The summed E-state index contributed by atoms with van der Waals surface area (Å²) in [4.78, 5) is 4.18. The molecular formula is C10H23NO2Si. The third-order valence-corrected chi connectivity index (χ3v) is 5.06. The Morgan fingerprint density at radius 3 is 2.21 bits per heavy atom. The first-order valence-electron chi connectivity index (χ1n) is 5.41. The van der Waals surface area contributed by atoms with Crippen LogP contribution in [0.15, 0.2) is 4.99 Å². The van der Waals surface area contributed by atoms with E-state index in [1.165, 1.54) is 0 Å². The highest BCUT2D eigenvalue weighted by Crippen LogP contribution is 2.15. The smallest absolute Gasteiger partial charge is 0.334 e. The van der Waals surface area contributed by atoms with Gasteiger partial charge in [0, 0.05) is 19.8 Å². The first-order valence-corrected chi connectivity index (χ1v) is 7.93. The molecule has 0 saturated heterocycles. The highest BCUT2D eigenvalue weighted by Gasteiger charge is 2.29. The summed E-state index contributed by atoms with van der Waals surface area (Å²) in [7, 11) is -1.87. The second-order valence-corrected chi connectivity index (χ2v) is 6.61. The summed E-state index contributed by atoms with van der Waals surface area (Å²) in [6, 6.07) is 1.03. The summed E-state index contributed by atoms with van der Waals surface area (Å²) in [5.74, 6) is 0. The number of rotatable bonds is 8. The maximum absolute atomic E-state index is 5.71. The van der Waals surface area contributed by atoms with Crippen LogP contribution in [0.1, 0.15) is 27.2 Å². The van der Waals surface area contributed by atoms with Crippen LogP contribution < -0.4 is 0 Å². The lowest BCUT2D eigenvalue weighted by Crippen LogP contribution is -2.38. The van der Waals surface area contributed by atoms with E-state index in [0.29, 0.717) is 0 Å². The van der Waals surface area contributed by atoms with Crippen molar-refractivity contribution in [3.63, 3.8) is 0 Å². The van der Waals surface area contributed by atoms with Gasteiger partial charge in [-0.2, -0.15) is 0 Å². The minimum atomic E-state index is -1.87. The van der Waals surface area contributed by atoms with E-state index in [-0.39, 0.29) is 0 Å². The maximum atomic E-state index is 5.71. The van der Waals surface area contributed by atoms with E-state index in [4.69, 9.17) is 8.85 Å². The average molecular weight is 217 g/mol. The highest BCUT2D eigenvalue weighted by atomic mass is 28.4. The molecule has 0 atom stereocenters. The van der Waals surface area contributed by atoms with Crippen LogP contribution in [0.2, 0.25) is 12.6 Å². The Morgan fingerprint density at radius 2 is 1.79 bits per heavy atom. The van der Waals surface area contributed by atoms with Crippen LogP contribution in [-0.4, -0.2) is 34.5 Å². The minimum Gasteiger partial charge on any atom is -0.395 e. The van der Waals surface area contributed by atoms with Gasteiger partial charge >= 0.3 is 8.56 Å². The van der Waals surface area contributed by atoms with Gasteiger partial charge in [0.1, 0.15) is 0 Å². The molecule has 84 valence electrons. The van der Waals surface area contributed by atoms with E-state index in [1.54, 1.807) is 0 Å².